The smallest absolute Gasteiger partial charge is 0.237 e. The van der Waals surface area contributed by atoms with E-state index in [1.807, 2.05) is 11.9 Å². The van der Waals surface area contributed by atoms with Crippen molar-refractivity contribution in [2.75, 3.05) is 19.8 Å². The van der Waals surface area contributed by atoms with Gasteiger partial charge in [-0.3, -0.25) is 9.69 Å². The number of likely N-dealkylation sites (tertiary alicyclic amines) is 1. The average Bonchev–Trinajstić information content (AvgIpc) is 2.99. The first-order chi connectivity index (χ1) is 12.2. The SMILES string of the molecule is CC[C@@H]1C[C@@H](C(=O)N[C@@H]([C@H]2OC(SC)[C@H](O)[C@@H](O)[C@H]2O)[C@@H](C)O)N(C)C1. The second kappa shape index (κ2) is 9.18. The number of aliphatic hydroxyl groups excluding tert-OH is 4. The summed E-state index contributed by atoms with van der Waals surface area (Å²) in [5, 5.41) is 43.4. The molecule has 2 rings (SSSR count). The van der Waals surface area contributed by atoms with E-state index in [-0.39, 0.29) is 11.9 Å². The summed E-state index contributed by atoms with van der Waals surface area (Å²) < 4.78 is 5.70. The van der Waals surface area contributed by atoms with E-state index >= 15 is 0 Å². The summed E-state index contributed by atoms with van der Waals surface area (Å²) in [6.07, 6.45) is -2.65. The molecule has 26 heavy (non-hydrogen) atoms. The minimum Gasteiger partial charge on any atom is -0.391 e. The Labute approximate surface area is 158 Å². The number of hydrogen-bond donors (Lipinski definition) is 5. The first-order valence-corrected chi connectivity index (χ1v) is 10.4. The maximum Gasteiger partial charge on any atom is 0.237 e. The summed E-state index contributed by atoms with van der Waals surface area (Å²) in [7, 11) is 1.90. The lowest BCUT2D eigenvalue weighted by molar-refractivity contribution is -0.211. The van der Waals surface area contributed by atoms with Crippen molar-refractivity contribution in [1.29, 1.82) is 0 Å². The lowest BCUT2D eigenvalue weighted by Gasteiger charge is -2.44. The van der Waals surface area contributed by atoms with Crippen LogP contribution in [0.5, 0.6) is 0 Å². The molecule has 0 aromatic rings. The van der Waals surface area contributed by atoms with Gasteiger partial charge in [0.2, 0.25) is 5.91 Å². The van der Waals surface area contributed by atoms with Gasteiger partial charge in [0.15, 0.2) is 0 Å². The summed E-state index contributed by atoms with van der Waals surface area (Å²) >= 11 is 1.19. The molecule has 0 spiro atoms. The fourth-order valence-electron chi connectivity index (χ4n) is 3.81. The first kappa shape index (κ1) is 21.9. The van der Waals surface area contributed by atoms with Crippen LogP contribution in [0.2, 0.25) is 0 Å². The molecule has 9 atom stereocenters. The normalized spacial score (nSPS) is 41.0. The van der Waals surface area contributed by atoms with Crippen molar-refractivity contribution in [3.8, 4) is 0 Å². The molecule has 152 valence electrons. The molecule has 0 saturated carbocycles. The molecule has 2 fully saturated rings. The summed E-state index contributed by atoms with van der Waals surface area (Å²) in [5.74, 6) is 0.224. The van der Waals surface area contributed by atoms with Gasteiger partial charge in [0.05, 0.1) is 18.2 Å². The highest BCUT2D eigenvalue weighted by Crippen LogP contribution is 2.30. The maximum absolute atomic E-state index is 12.8. The topological polar surface area (TPSA) is 122 Å². The predicted octanol–water partition coefficient (Wildman–Crippen LogP) is -1.25. The van der Waals surface area contributed by atoms with E-state index in [9.17, 15) is 25.2 Å². The fraction of sp³-hybridized carbons (Fsp3) is 0.941. The van der Waals surface area contributed by atoms with Crippen LogP contribution in [-0.4, -0.2) is 99.1 Å². The van der Waals surface area contributed by atoms with E-state index in [1.165, 1.54) is 18.7 Å². The Morgan fingerprint density at radius 2 is 1.96 bits per heavy atom. The van der Waals surface area contributed by atoms with Gasteiger partial charge in [0.1, 0.15) is 29.9 Å². The molecule has 0 aliphatic carbocycles. The minimum absolute atomic E-state index is 0.230. The molecule has 2 aliphatic heterocycles. The van der Waals surface area contributed by atoms with Crippen molar-refractivity contribution in [3.63, 3.8) is 0 Å². The third-order valence-corrected chi connectivity index (χ3v) is 6.39. The molecule has 0 aromatic heterocycles. The van der Waals surface area contributed by atoms with Crippen molar-refractivity contribution in [3.05, 3.63) is 0 Å². The Morgan fingerprint density at radius 1 is 1.31 bits per heavy atom. The molecule has 0 bridgehead atoms. The summed E-state index contributed by atoms with van der Waals surface area (Å²) in [4.78, 5) is 14.8. The largest absolute Gasteiger partial charge is 0.391 e. The molecule has 8 nitrogen and oxygen atoms in total. The third kappa shape index (κ3) is 4.52. The van der Waals surface area contributed by atoms with Crippen molar-refractivity contribution >= 4 is 17.7 Å². The van der Waals surface area contributed by atoms with Gasteiger partial charge in [0.25, 0.3) is 0 Å². The number of likely N-dealkylation sites (N-methyl/N-ethyl adjacent to an activating group) is 1. The van der Waals surface area contributed by atoms with Crippen LogP contribution in [0.15, 0.2) is 0 Å². The predicted molar refractivity (Wildman–Crippen MR) is 98.6 cm³/mol. The highest BCUT2D eigenvalue weighted by molar-refractivity contribution is 7.99. The van der Waals surface area contributed by atoms with Gasteiger partial charge in [-0.1, -0.05) is 13.3 Å². The van der Waals surface area contributed by atoms with E-state index in [1.54, 1.807) is 6.26 Å². The number of thioether (sulfide) groups is 1. The Morgan fingerprint density at radius 3 is 2.46 bits per heavy atom. The molecule has 2 saturated heterocycles. The monoisotopic (exact) mass is 392 g/mol. The molecule has 0 aromatic carbocycles. The number of nitrogens with zero attached hydrogens (tertiary/aromatic N) is 1. The van der Waals surface area contributed by atoms with Gasteiger partial charge in [-0.15, -0.1) is 11.8 Å². The van der Waals surface area contributed by atoms with Crippen LogP contribution in [0.3, 0.4) is 0 Å². The lowest BCUT2D eigenvalue weighted by atomic mass is 9.92. The number of rotatable bonds is 6. The number of amides is 1. The highest BCUT2D eigenvalue weighted by atomic mass is 32.2. The number of nitrogens with one attached hydrogen (secondary N) is 1. The fourth-order valence-corrected chi connectivity index (χ4v) is 4.49. The van der Waals surface area contributed by atoms with Gasteiger partial charge in [-0.05, 0) is 32.6 Å². The molecule has 5 N–H and O–H groups in total. The average molecular weight is 393 g/mol. The van der Waals surface area contributed by atoms with Crippen molar-refractivity contribution < 1.29 is 30.0 Å². The van der Waals surface area contributed by atoms with Crippen LogP contribution in [0, 0.1) is 5.92 Å². The third-order valence-electron chi connectivity index (χ3n) is 5.54. The second-order valence-electron chi connectivity index (χ2n) is 7.42. The van der Waals surface area contributed by atoms with Gasteiger partial charge in [-0.2, -0.15) is 0 Å². The minimum atomic E-state index is -1.42. The number of carbonyl (C=O) groups is 1. The first-order valence-electron chi connectivity index (χ1n) is 9.12. The Balaban J connectivity index is 2.11. The van der Waals surface area contributed by atoms with Gasteiger partial charge in [-0.25, -0.2) is 0 Å². The Kier molecular flexibility index (Phi) is 7.73. The van der Waals surface area contributed by atoms with Crippen LogP contribution >= 0.6 is 11.8 Å². The Bertz CT molecular complexity index is 480. The number of ether oxygens (including phenoxy) is 1. The summed E-state index contributed by atoms with van der Waals surface area (Å²) in [6.45, 7) is 4.44. The quantitative estimate of drug-likeness (QED) is 0.380. The zero-order valence-electron chi connectivity index (χ0n) is 15.8. The van der Waals surface area contributed by atoms with Gasteiger partial charge in [0, 0.05) is 6.54 Å². The molecular formula is C17H32N2O6S. The molecule has 2 aliphatic rings. The van der Waals surface area contributed by atoms with Crippen molar-refractivity contribution in [2.24, 2.45) is 5.92 Å². The van der Waals surface area contributed by atoms with Gasteiger partial charge >= 0.3 is 0 Å². The van der Waals surface area contributed by atoms with E-state index in [2.05, 4.69) is 12.2 Å². The molecule has 9 heteroatoms. The Hall–Kier alpha value is -0.420. The number of hydrogen-bond acceptors (Lipinski definition) is 8. The second-order valence-corrected chi connectivity index (χ2v) is 8.35. The summed E-state index contributed by atoms with van der Waals surface area (Å²) in [5.41, 5.74) is -0.754. The van der Waals surface area contributed by atoms with Crippen molar-refractivity contribution in [2.45, 2.75) is 74.7 Å². The highest BCUT2D eigenvalue weighted by Gasteiger charge is 2.48. The van der Waals surface area contributed by atoms with E-state index in [0.29, 0.717) is 5.92 Å². The molecule has 1 unspecified atom stereocenters. The van der Waals surface area contributed by atoms with E-state index < -0.39 is 42.0 Å². The number of carbonyl (C=O) groups excluding carboxylic acids is 1. The van der Waals surface area contributed by atoms with E-state index in [0.717, 1.165) is 19.4 Å². The molecule has 1 amide bonds. The van der Waals surface area contributed by atoms with Crippen LogP contribution in [0.1, 0.15) is 26.7 Å². The molecule has 2 heterocycles. The molecule has 0 radical (unpaired) electrons. The van der Waals surface area contributed by atoms with Crippen LogP contribution in [-0.2, 0) is 9.53 Å². The number of aliphatic hydroxyl groups is 4. The van der Waals surface area contributed by atoms with Gasteiger partial charge < -0.3 is 30.5 Å². The van der Waals surface area contributed by atoms with Crippen LogP contribution in [0.25, 0.3) is 0 Å². The zero-order valence-corrected chi connectivity index (χ0v) is 16.6. The van der Waals surface area contributed by atoms with Crippen LogP contribution < -0.4 is 5.32 Å². The molecular weight excluding hydrogens is 360 g/mol. The maximum atomic E-state index is 12.8. The van der Waals surface area contributed by atoms with Crippen LogP contribution in [0.4, 0.5) is 0 Å². The zero-order chi connectivity index (χ0) is 19.6. The van der Waals surface area contributed by atoms with E-state index in [4.69, 9.17) is 4.74 Å². The lowest BCUT2D eigenvalue weighted by Crippen LogP contribution is -2.65. The van der Waals surface area contributed by atoms with Crippen molar-refractivity contribution in [1.82, 2.24) is 10.2 Å². The summed E-state index contributed by atoms with van der Waals surface area (Å²) in [6, 6.07) is -1.20. The standard InChI is InChI=1S/C17H32N2O6S/c1-5-9-6-10(19(3)7-9)16(24)18-11(8(2)20)15-13(22)12(21)14(23)17(25-15)26-4/h8-15,17,20-23H,5-7H2,1-4H3,(H,18,24)/t8-,9-,10+,11-,12+,13-,14-,15-,17?/m1/s1.